The van der Waals surface area contributed by atoms with Gasteiger partial charge in [0.1, 0.15) is 10.7 Å². The molecule has 3 N–H and O–H groups in total. The van der Waals surface area contributed by atoms with E-state index in [0.717, 1.165) is 34.9 Å². The molecule has 3 rings (SSSR count). The van der Waals surface area contributed by atoms with Gasteiger partial charge in [0.05, 0.1) is 11.9 Å². The molecule has 0 bridgehead atoms. The van der Waals surface area contributed by atoms with Crippen molar-refractivity contribution < 1.29 is 0 Å². The lowest BCUT2D eigenvalue weighted by atomic mass is 10.0. The second-order valence-corrected chi connectivity index (χ2v) is 5.98. The highest BCUT2D eigenvalue weighted by molar-refractivity contribution is 7.16. The maximum absolute atomic E-state index is 5.56. The summed E-state index contributed by atoms with van der Waals surface area (Å²) in [4.78, 5) is 12.6. The van der Waals surface area contributed by atoms with Gasteiger partial charge in [-0.25, -0.2) is 15.8 Å². The molecule has 1 aliphatic heterocycles. The lowest BCUT2D eigenvalue weighted by Gasteiger charge is -2.32. The number of nitrogen functional groups attached to an aromatic ring is 1. The Morgan fingerprint density at radius 2 is 2.37 bits per heavy atom. The first-order valence-electron chi connectivity index (χ1n) is 6.72. The van der Waals surface area contributed by atoms with E-state index in [0.29, 0.717) is 6.04 Å². The van der Waals surface area contributed by atoms with Gasteiger partial charge >= 0.3 is 0 Å². The Labute approximate surface area is 116 Å². The summed E-state index contributed by atoms with van der Waals surface area (Å²) in [5, 5.41) is 3.02. The summed E-state index contributed by atoms with van der Waals surface area (Å²) in [5.41, 5.74) is 2.68. The molecule has 2 aromatic heterocycles. The van der Waals surface area contributed by atoms with Crippen LogP contribution in [-0.2, 0) is 6.54 Å². The van der Waals surface area contributed by atoms with Crippen molar-refractivity contribution in [3.8, 4) is 0 Å². The molecular formula is C13H19N5S. The average molecular weight is 277 g/mol. The van der Waals surface area contributed by atoms with Gasteiger partial charge in [0, 0.05) is 6.04 Å². The second-order valence-electron chi connectivity index (χ2n) is 5.09. The van der Waals surface area contributed by atoms with E-state index in [1.807, 2.05) is 11.4 Å². The van der Waals surface area contributed by atoms with Gasteiger partial charge in [0.25, 0.3) is 0 Å². The Kier molecular flexibility index (Phi) is 3.63. The van der Waals surface area contributed by atoms with E-state index in [4.69, 9.17) is 5.84 Å². The molecule has 5 nitrogen and oxygen atoms in total. The first kappa shape index (κ1) is 12.8. The second kappa shape index (κ2) is 5.40. The van der Waals surface area contributed by atoms with Gasteiger partial charge in [0.2, 0.25) is 0 Å². The van der Waals surface area contributed by atoms with E-state index in [2.05, 4.69) is 27.2 Å². The SMILES string of the molecule is CC1CCCCN1Cc1nc(NN)c2ccsc2n1. The van der Waals surface area contributed by atoms with Crippen molar-refractivity contribution in [1.82, 2.24) is 14.9 Å². The van der Waals surface area contributed by atoms with Crippen LogP contribution in [0.3, 0.4) is 0 Å². The fourth-order valence-corrected chi connectivity index (χ4v) is 3.44. The van der Waals surface area contributed by atoms with E-state index >= 15 is 0 Å². The summed E-state index contributed by atoms with van der Waals surface area (Å²) in [6, 6.07) is 2.62. The summed E-state index contributed by atoms with van der Waals surface area (Å²) in [6.07, 6.45) is 3.87. The van der Waals surface area contributed by atoms with Crippen LogP contribution in [0.1, 0.15) is 32.0 Å². The number of likely N-dealkylation sites (tertiary alicyclic amines) is 1. The van der Waals surface area contributed by atoms with E-state index in [9.17, 15) is 0 Å². The molecule has 0 aliphatic carbocycles. The van der Waals surface area contributed by atoms with Crippen LogP contribution in [0, 0.1) is 0 Å². The van der Waals surface area contributed by atoms with Crippen LogP contribution in [0.4, 0.5) is 5.82 Å². The maximum Gasteiger partial charge on any atom is 0.152 e. The molecule has 0 amide bonds. The minimum atomic E-state index is 0.616. The third kappa shape index (κ3) is 2.56. The van der Waals surface area contributed by atoms with Crippen molar-refractivity contribution in [3.63, 3.8) is 0 Å². The van der Waals surface area contributed by atoms with Crippen LogP contribution in [0.5, 0.6) is 0 Å². The Hall–Kier alpha value is -1.24. The molecule has 0 spiro atoms. The van der Waals surface area contributed by atoms with Crippen LogP contribution < -0.4 is 11.3 Å². The van der Waals surface area contributed by atoms with Crippen LogP contribution in [0.25, 0.3) is 10.2 Å². The fraction of sp³-hybridized carbons (Fsp3) is 0.538. The minimum Gasteiger partial charge on any atom is -0.308 e. The van der Waals surface area contributed by atoms with Gasteiger partial charge in [-0.1, -0.05) is 6.42 Å². The van der Waals surface area contributed by atoms with Gasteiger partial charge in [0.15, 0.2) is 5.82 Å². The Morgan fingerprint density at radius 3 is 3.16 bits per heavy atom. The molecule has 1 atom stereocenters. The Bertz CT molecular complexity index is 567. The van der Waals surface area contributed by atoms with Crippen LogP contribution >= 0.6 is 11.3 Å². The highest BCUT2D eigenvalue weighted by Crippen LogP contribution is 2.25. The Morgan fingerprint density at radius 1 is 1.47 bits per heavy atom. The first-order valence-corrected chi connectivity index (χ1v) is 7.60. The van der Waals surface area contributed by atoms with E-state index in [1.165, 1.54) is 19.3 Å². The average Bonchev–Trinajstić information content (AvgIpc) is 2.89. The third-order valence-corrected chi connectivity index (χ3v) is 4.60. The van der Waals surface area contributed by atoms with Gasteiger partial charge in [-0.2, -0.15) is 0 Å². The number of nitrogens with two attached hydrogens (primary N) is 1. The number of anilines is 1. The number of nitrogens with zero attached hydrogens (tertiary/aromatic N) is 3. The van der Waals surface area contributed by atoms with Crippen LogP contribution in [-0.4, -0.2) is 27.5 Å². The van der Waals surface area contributed by atoms with Crippen molar-refractivity contribution >= 4 is 27.4 Å². The zero-order valence-electron chi connectivity index (χ0n) is 11.1. The smallest absolute Gasteiger partial charge is 0.152 e. The van der Waals surface area contributed by atoms with E-state index in [-0.39, 0.29) is 0 Å². The molecular weight excluding hydrogens is 258 g/mol. The molecule has 1 fully saturated rings. The number of aromatic nitrogens is 2. The lowest BCUT2D eigenvalue weighted by Crippen LogP contribution is -2.37. The summed E-state index contributed by atoms with van der Waals surface area (Å²) >= 11 is 1.63. The minimum absolute atomic E-state index is 0.616. The van der Waals surface area contributed by atoms with Gasteiger partial charge in [-0.3, -0.25) is 4.90 Å². The molecule has 0 aromatic carbocycles. The monoisotopic (exact) mass is 277 g/mol. The summed E-state index contributed by atoms with van der Waals surface area (Å²) in [7, 11) is 0. The molecule has 1 saturated heterocycles. The van der Waals surface area contributed by atoms with Gasteiger partial charge < -0.3 is 5.43 Å². The van der Waals surface area contributed by atoms with Crippen molar-refractivity contribution in [2.75, 3.05) is 12.0 Å². The number of hydrogen-bond donors (Lipinski definition) is 2. The number of hydrogen-bond acceptors (Lipinski definition) is 6. The zero-order chi connectivity index (χ0) is 13.2. The number of hydrazine groups is 1. The number of fused-ring (bicyclic) bond motifs is 1. The zero-order valence-corrected chi connectivity index (χ0v) is 11.9. The molecule has 2 aromatic rings. The highest BCUT2D eigenvalue weighted by atomic mass is 32.1. The normalized spacial score (nSPS) is 20.8. The van der Waals surface area contributed by atoms with Crippen molar-refractivity contribution in [1.29, 1.82) is 0 Å². The molecule has 102 valence electrons. The molecule has 0 radical (unpaired) electrons. The quantitative estimate of drug-likeness (QED) is 0.666. The molecule has 3 heterocycles. The predicted molar refractivity (Wildman–Crippen MR) is 78.9 cm³/mol. The molecule has 6 heteroatoms. The largest absolute Gasteiger partial charge is 0.308 e. The molecule has 1 aliphatic rings. The van der Waals surface area contributed by atoms with Crippen molar-refractivity contribution in [3.05, 3.63) is 17.3 Å². The van der Waals surface area contributed by atoms with Crippen molar-refractivity contribution in [2.24, 2.45) is 5.84 Å². The molecule has 0 saturated carbocycles. The fourth-order valence-electron chi connectivity index (χ4n) is 2.65. The Balaban J connectivity index is 1.87. The number of nitrogens with one attached hydrogen (secondary N) is 1. The molecule has 1 unspecified atom stereocenters. The van der Waals surface area contributed by atoms with Gasteiger partial charge in [-0.05, 0) is 37.8 Å². The van der Waals surface area contributed by atoms with Gasteiger partial charge in [-0.15, -0.1) is 11.3 Å². The maximum atomic E-state index is 5.56. The van der Waals surface area contributed by atoms with E-state index < -0.39 is 0 Å². The first-order chi connectivity index (χ1) is 9.28. The standard InChI is InChI=1S/C13H19N5S/c1-9-4-2-3-6-18(9)8-11-15-12(17-14)10-5-7-19-13(10)16-11/h5,7,9H,2-4,6,8,14H2,1H3,(H,15,16,17). The summed E-state index contributed by atoms with van der Waals surface area (Å²) in [5.74, 6) is 7.14. The van der Waals surface area contributed by atoms with Crippen LogP contribution in [0.15, 0.2) is 11.4 Å². The van der Waals surface area contributed by atoms with Crippen molar-refractivity contribution in [2.45, 2.75) is 38.8 Å². The topological polar surface area (TPSA) is 67.1 Å². The number of piperidine rings is 1. The summed E-state index contributed by atoms with van der Waals surface area (Å²) < 4.78 is 0. The number of rotatable bonds is 3. The van der Waals surface area contributed by atoms with Crippen LogP contribution in [0.2, 0.25) is 0 Å². The predicted octanol–water partition coefficient (Wildman–Crippen LogP) is 2.35. The molecule has 19 heavy (non-hydrogen) atoms. The lowest BCUT2D eigenvalue weighted by molar-refractivity contribution is 0.149. The highest BCUT2D eigenvalue weighted by Gasteiger charge is 2.20. The van der Waals surface area contributed by atoms with E-state index in [1.54, 1.807) is 11.3 Å². The number of thiophene rings is 1. The third-order valence-electron chi connectivity index (χ3n) is 3.79. The summed E-state index contributed by atoms with van der Waals surface area (Å²) in [6.45, 7) is 4.23.